The number of benzene rings is 2. The fourth-order valence-corrected chi connectivity index (χ4v) is 3.08. The second-order valence-electron chi connectivity index (χ2n) is 6.02. The van der Waals surface area contributed by atoms with Gasteiger partial charge in [0.25, 0.3) is 0 Å². The second-order valence-corrected chi connectivity index (χ2v) is 7.34. The summed E-state index contributed by atoms with van der Waals surface area (Å²) < 4.78 is 12.5. The van der Waals surface area contributed by atoms with Gasteiger partial charge < -0.3 is 19.7 Å². The Morgan fingerprint density at radius 2 is 1.67 bits per heavy atom. The maximum atomic E-state index is 9.10. The maximum Gasteiger partial charge on any atom is 0.414 e. The monoisotopic (exact) mass is 495 g/mol. The van der Waals surface area contributed by atoms with E-state index in [-0.39, 0.29) is 0 Å². The van der Waals surface area contributed by atoms with Crippen LogP contribution in [0.5, 0.6) is 11.5 Å². The lowest BCUT2D eigenvalue weighted by Gasteiger charge is -2.11. The molecule has 1 heterocycles. The summed E-state index contributed by atoms with van der Waals surface area (Å²) in [4.78, 5) is 22.8. The van der Waals surface area contributed by atoms with E-state index in [1.807, 2.05) is 49.4 Å². The fraction of sp³-hybridized carbons (Fsp3) is 0.190. The summed E-state index contributed by atoms with van der Waals surface area (Å²) in [6.45, 7) is 3.08. The Hall–Kier alpha value is -2.84. The van der Waals surface area contributed by atoms with Gasteiger partial charge in [-0.3, -0.25) is 0 Å². The highest BCUT2D eigenvalue weighted by molar-refractivity contribution is 9.10. The summed E-state index contributed by atoms with van der Waals surface area (Å²) in [7, 11) is 0. The maximum absolute atomic E-state index is 9.10. The number of nitrogens with zero attached hydrogens (tertiary/aromatic N) is 1. The molecule has 0 radical (unpaired) electrons. The van der Waals surface area contributed by atoms with Crippen LogP contribution in [0.2, 0.25) is 5.02 Å². The van der Waals surface area contributed by atoms with Gasteiger partial charge in [0, 0.05) is 22.0 Å². The molecule has 2 aromatic carbocycles. The molecule has 0 unspecified atom stereocenters. The molecule has 0 spiro atoms. The standard InChI is InChI=1S/C19H17BrClNO2.C2H2O4/c1-13-6-7-14-4-2-5-18(19(14)22-13)24-11-3-10-23-17-9-8-15(20)12-16(17)21;3-1(4)2(5)6/h2,4-9,12H,3,10-11H2,1H3;(H,3,4)(H,5,6). The first kappa shape index (κ1) is 23.4. The Bertz CT molecular complexity index is 1030. The lowest BCUT2D eigenvalue weighted by Crippen LogP contribution is -2.09. The van der Waals surface area contributed by atoms with Crippen LogP contribution in [0.1, 0.15) is 12.1 Å². The van der Waals surface area contributed by atoms with Gasteiger partial charge in [-0.2, -0.15) is 0 Å². The van der Waals surface area contributed by atoms with Crippen molar-refractivity contribution in [2.24, 2.45) is 0 Å². The van der Waals surface area contributed by atoms with E-state index in [4.69, 9.17) is 40.9 Å². The molecule has 0 atom stereocenters. The van der Waals surface area contributed by atoms with Crippen LogP contribution in [0.3, 0.4) is 0 Å². The molecule has 1 aromatic heterocycles. The SMILES string of the molecule is Cc1ccc2cccc(OCCCOc3ccc(Br)cc3Cl)c2n1.O=C(O)C(=O)O. The van der Waals surface area contributed by atoms with E-state index in [1.165, 1.54) is 0 Å². The van der Waals surface area contributed by atoms with Gasteiger partial charge in [0.1, 0.15) is 17.0 Å². The number of rotatable bonds is 6. The summed E-state index contributed by atoms with van der Waals surface area (Å²) in [6, 6.07) is 15.6. The molecule has 0 aliphatic carbocycles. The third-order valence-electron chi connectivity index (χ3n) is 3.70. The summed E-state index contributed by atoms with van der Waals surface area (Å²) in [6.07, 6.45) is 0.759. The van der Waals surface area contributed by atoms with Crippen molar-refractivity contribution in [3.8, 4) is 11.5 Å². The highest BCUT2D eigenvalue weighted by atomic mass is 79.9. The first-order valence-corrected chi connectivity index (χ1v) is 9.98. The summed E-state index contributed by atoms with van der Waals surface area (Å²) in [5.74, 6) is -2.16. The Balaban J connectivity index is 0.000000469. The number of hydrogen-bond donors (Lipinski definition) is 2. The molecule has 0 amide bonds. The molecule has 0 aliphatic rings. The number of ether oxygens (including phenoxy) is 2. The van der Waals surface area contributed by atoms with Crippen molar-refractivity contribution < 1.29 is 29.3 Å². The minimum Gasteiger partial charge on any atom is -0.492 e. The highest BCUT2D eigenvalue weighted by Crippen LogP contribution is 2.28. The van der Waals surface area contributed by atoms with Crippen LogP contribution in [0, 0.1) is 6.92 Å². The zero-order chi connectivity index (χ0) is 22.1. The third-order valence-corrected chi connectivity index (χ3v) is 4.49. The second kappa shape index (κ2) is 11.4. The molecule has 2 N–H and O–H groups in total. The van der Waals surface area contributed by atoms with E-state index in [0.717, 1.165) is 33.2 Å². The van der Waals surface area contributed by atoms with Crippen LogP contribution in [-0.2, 0) is 9.59 Å². The van der Waals surface area contributed by atoms with E-state index in [9.17, 15) is 0 Å². The van der Waals surface area contributed by atoms with Crippen molar-refractivity contribution >= 4 is 50.4 Å². The van der Waals surface area contributed by atoms with Crippen molar-refractivity contribution in [1.82, 2.24) is 4.98 Å². The number of hydrogen-bond acceptors (Lipinski definition) is 5. The lowest BCUT2D eigenvalue weighted by atomic mass is 10.2. The van der Waals surface area contributed by atoms with Crippen molar-refractivity contribution in [3.63, 3.8) is 0 Å². The number of fused-ring (bicyclic) bond motifs is 1. The Labute approximate surface area is 186 Å². The molecule has 0 saturated heterocycles. The van der Waals surface area contributed by atoms with Gasteiger partial charge >= 0.3 is 11.9 Å². The topological polar surface area (TPSA) is 106 Å². The first-order valence-electron chi connectivity index (χ1n) is 8.81. The van der Waals surface area contributed by atoms with Crippen LogP contribution < -0.4 is 9.47 Å². The van der Waals surface area contributed by atoms with Crippen LogP contribution in [0.4, 0.5) is 0 Å². The average Bonchev–Trinajstić information content (AvgIpc) is 2.69. The minimum absolute atomic E-state index is 0.540. The number of aryl methyl sites for hydroxylation is 1. The van der Waals surface area contributed by atoms with Gasteiger partial charge in [0.15, 0.2) is 0 Å². The van der Waals surface area contributed by atoms with Crippen molar-refractivity contribution in [2.75, 3.05) is 13.2 Å². The summed E-state index contributed by atoms with van der Waals surface area (Å²) in [5.41, 5.74) is 1.88. The zero-order valence-electron chi connectivity index (χ0n) is 16.0. The summed E-state index contributed by atoms with van der Waals surface area (Å²) >= 11 is 9.50. The van der Waals surface area contributed by atoms with Gasteiger partial charge in [0.2, 0.25) is 0 Å². The number of para-hydroxylation sites is 1. The number of halogens is 2. The Morgan fingerprint density at radius 3 is 2.30 bits per heavy atom. The van der Waals surface area contributed by atoms with Crippen molar-refractivity contribution in [2.45, 2.75) is 13.3 Å². The number of carbonyl (C=O) groups is 2. The molecule has 0 fully saturated rings. The fourth-order valence-electron chi connectivity index (χ4n) is 2.35. The molecule has 0 aliphatic heterocycles. The van der Waals surface area contributed by atoms with Gasteiger partial charge in [-0.05, 0) is 37.3 Å². The van der Waals surface area contributed by atoms with Gasteiger partial charge in [-0.1, -0.05) is 45.7 Å². The number of pyridine rings is 1. The predicted octanol–water partition coefficient (Wildman–Crippen LogP) is 4.96. The molecular formula is C21H19BrClNO6. The van der Waals surface area contributed by atoms with E-state index < -0.39 is 11.9 Å². The van der Waals surface area contributed by atoms with Crippen LogP contribution in [0.25, 0.3) is 10.9 Å². The van der Waals surface area contributed by atoms with Crippen LogP contribution in [-0.4, -0.2) is 40.3 Å². The number of aliphatic carboxylic acids is 2. The zero-order valence-corrected chi connectivity index (χ0v) is 18.3. The Kier molecular flexibility index (Phi) is 8.89. The van der Waals surface area contributed by atoms with Crippen LogP contribution >= 0.6 is 27.5 Å². The van der Waals surface area contributed by atoms with Gasteiger partial charge in [-0.25, -0.2) is 14.6 Å². The van der Waals surface area contributed by atoms with Crippen molar-refractivity contribution in [1.29, 1.82) is 0 Å². The molecule has 3 aromatic rings. The molecule has 3 rings (SSSR count). The molecular weight excluding hydrogens is 478 g/mol. The quantitative estimate of drug-likeness (QED) is 0.367. The summed E-state index contributed by atoms with van der Waals surface area (Å²) in [5, 5.41) is 16.5. The molecule has 30 heavy (non-hydrogen) atoms. The lowest BCUT2D eigenvalue weighted by molar-refractivity contribution is -0.159. The normalized spacial score (nSPS) is 10.1. The third kappa shape index (κ3) is 7.20. The van der Waals surface area contributed by atoms with E-state index in [1.54, 1.807) is 0 Å². The number of carboxylic acids is 2. The molecule has 0 saturated carbocycles. The molecule has 0 bridgehead atoms. The first-order chi connectivity index (χ1) is 14.3. The van der Waals surface area contributed by atoms with E-state index in [2.05, 4.69) is 27.0 Å². The van der Waals surface area contributed by atoms with Crippen LogP contribution in [0.15, 0.2) is 53.0 Å². The average molecular weight is 497 g/mol. The molecule has 9 heteroatoms. The van der Waals surface area contributed by atoms with Crippen molar-refractivity contribution in [3.05, 3.63) is 63.7 Å². The highest BCUT2D eigenvalue weighted by Gasteiger charge is 2.05. The van der Waals surface area contributed by atoms with Gasteiger partial charge in [0.05, 0.1) is 18.2 Å². The predicted molar refractivity (Wildman–Crippen MR) is 117 cm³/mol. The number of aromatic nitrogens is 1. The van der Waals surface area contributed by atoms with E-state index >= 15 is 0 Å². The largest absolute Gasteiger partial charge is 0.492 e. The molecule has 7 nitrogen and oxygen atoms in total. The van der Waals surface area contributed by atoms with Gasteiger partial charge in [-0.15, -0.1) is 0 Å². The molecule has 158 valence electrons. The number of carboxylic acid groups (broad SMARTS) is 2. The van der Waals surface area contributed by atoms with E-state index in [0.29, 0.717) is 24.0 Å². The minimum atomic E-state index is -1.82. The smallest absolute Gasteiger partial charge is 0.414 e. The Morgan fingerprint density at radius 1 is 1.00 bits per heavy atom.